The van der Waals surface area contributed by atoms with Gasteiger partial charge in [-0.1, -0.05) is 11.2 Å². The summed E-state index contributed by atoms with van der Waals surface area (Å²) in [6.07, 6.45) is 8.98. The molecule has 1 fully saturated rings. The van der Waals surface area contributed by atoms with Gasteiger partial charge in [0.15, 0.2) is 0 Å². The van der Waals surface area contributed by atoms with Crippen molar-refractivity contribution in [2.24, 2.45) is 0 Å². The topological polar surface area (TPSA) is 84.1 Å². The van der Waals surface area contributed by atoms with Crippen LogP contribution in [0, 0.1) is 0 Å². The number of fused-ring (bicyclic) bond motifs is 1. The molecule has 0 unspecified atom stereocenters. The van der Waals surface area contributed by atoms with E-state index in [0.717, 1.165) is 34.4 Å². The minimum atomic E-state index is -0.0288. The monoisotopic (exact) mass is 447 g/mol. The number of piperidine rings is 1. The van der Waals surface area contributed by atoms with Crippen molar-refractivity contribution < 1.29 is 9.32 Å². The average molecular weight is 448 g/mol. The maximum atomic E-state index is 12.6. The smallest absolute Gasteiger partial charge is 0.226 e. The molecule has 1 aliphatic heterocycles. The van der Waals surface area contributed by atoms with Crippen molar-refractivity contribution in [3.05, 3.63) is 54.0 Å². The zero-order valence-electron chi connectivity index (χ0n) is 17.8. The molecule has 1 aromatic carbocycles. The van der Waals surface area contributed by atoms with Crippen LogP contribution in [0.4, 0.5) is 11.4 Å². The quantitative estimate of drug-likeness (QED) is 0.414. The Hall–Kier alpha value is -3.26. The van der Waals surface area contributed by atoms with Crippen molar-refractivity contribution in [2.45, 2.75) is 38.5 Å². The Morgan fingerprint density at radius 2 is 2.03 bits per heavy atom. The van der Waals surface area contributed by atoms with Crippen LogP contribution in [0.3, 0.4) is 0 Å². The normalized spacial score (nSPS) is 14.1. The second-order valence-electron chi connectivity index (χ2n) is 7.99. The van der Waals surface area contributed by atoms with Gasteiger partial charge in [-0.2, -0.15) is 4.98 Å². The second kappa shape index (κ2) is 9.48. The molecule has 164 valence electrons. The molecule has 4 heterocycles. The summed E-state index contributed by atoms with van der Waals surface area (Å²) >= 11 is 1.57. The van der Waals surface area contributed by atoms with Gasteiger partial charge in [-0.05, 0) is 55.3 Å². The summed E-state index contributed by atoms with van der Waals surface area (Å²) in [5.41, 5.74) is 2.02. The highest BCUT2D eigenvalue weighted by molar-refractivity contribution is 7.13. The van der Waals surface area contributed by atoms with Crippen LogP contribution in [-0.4, -0.2) is 34.1 Å². The van der Waals surface area contributed by atoms with E-state index in [-0.39, 0.29) is 5.91 Å². The van der Waals surface area contributed by atoms with Crippen molar-refractivity contribution in [1.82, 2.24) is 15.1 Å². The minimum Gasteiger partial charge on any atom is -0.371 e. The lowest BCUT2D eigenvalue weighted by atomic mass is 10.0. The Bertz CT molecular complexity index is 1200. The fourth-order valence-corrected chi connectivity index (χ4v) is 4.82. The number of thiophene rings is 1. The Morgan fingerprint density at radius 3 is 2.88 bits per heavy atom. The molecule has 0 spiro atoms. The molecule has 4 aromatic rings. The molecule has 5 rings (SSSR count). The third-order valence-electron chi connectivity index (χ3n) is 5.77. The predicted molar refractivity (Wildman–Crippen MR) is 127 cm³/mol. The van der Waals surface area contributed by atoms with Crippen LogP contribution in [0.5, 0.6) is 0 Å². The van der Waals surface area contributed by atoms with E-state index in [2.05, 4.69) is 31.4 Å². The third kappa shape index (κ3) is 4.50. The third-order valence-corrected chi connectivity index (χ3v) is 6.64. The van der Waals surface area contributed by atoms with E-state index >= 15 is 0 Å². The van der Waals surface area contributed by atoms with Crippen molar-refractivity contribution in [2.75, 3.05) is 23.3 Å². The fourth-order valence-electron chi connectivity index (χ4n) is 4.17. The van der Waals surface area contributed by atoms with Crippen LogP contribution < -0.4 is 10.2 Å². The van der Waals surface area contributed by atoms with Gasteiger partial charge >= 0.3 is 0 Å². The molecule has 7 nitrogen and oxygen atoms in total. The molecule has 32 heavy (non-hydrogen) atoms. The number of aryl methyl sites for hydroxylation is 1. The van der Waals surface area contributed by atoms with Gasteiger partial charge in [-0.3, -0.25) is 9.78 Å². The van der Waals surface area contributed by atoms with Crippen LogP contribution in [0.15, 0.2) is 52.6 Å². The molecule has 0 saturated carbocycles. The zero-order valence-corrected chi connectivity index (χ0v) is 18.6. The molecule has 0 aliphatic carbocycles. The first-order valence-corrected chi connectivity index (χ1v) is 11.9. The van der Waals surface area contributed by atoms with E-state index in [9.17, 15) is 4.79 Å². The van der Waals surface area contributed by atoms with Gasteiger partial charge in [-0.25, -0.2) is 0 Å². The predicted octanol–water partition coefficient (Wildman–Crippen LogP) is 5.30. The number of benzene rings is 1. The molecule has 0 radical (unpaired) electrons. The summed E-state index contributed by atoms with van der Waals surface area (Å²) in [6.45, 7) is 2.15. The number of carbonyl (C=O) groups excluding carboxylic acids is 1. The Kier molecular flexibility index (Phi) is 6.11. The summed E-state index contributed by atoms with van der Waals surface area (Å²) in [4.78, 5) is 24.7. The van der Waals surface area contributed by atoms with Gasteiger partial charge < -0.3 is 14.7 Å². The highest BCUT2D eigenvalue weighted by Gasteiger charge is 2.16. The summed E-state index contributed by atoms with van der Waals surface area (Å²) < 4.78 is 5.32. The molecule has 1 amide bonds. The number of rotatable bonds is 7. The maximum absolute atomic E-state index is 12.6. The van der Waals surface area contributed by atoms with Crippen molar-refractivity contribution in [3.8, 4) is 10.7 Å². The lowest BCUT2D eigenvalue weighted by Crippen LogP contribution is -2.29. The first-order valence-electron chi connectivity index (χ1n) is 11.1. The maximum Gasteiger partial charge on any atom is 0.226 e. The minimum absolute atomic E-state index is 0.0288. The first kappa shape index (κ1) is 20.6. The molecule has 3 aromatic heterocycles. The van der Waals surface area contributed by atoms with Crippen LogP contribution in [0.1, 0.15) is 38.0 Å². The molecule has 1 saturated heterocycles. The lowest BCUT2D eigenvalue weighted by Gasteiger charge is -2.30. The molecule has 8 heteroatoms. The summed E-state index contributed by atoms with van der Waals surface area (Å²) in [7, 11) is 0. The zero-order chi connectivity index (χ0) is 21.8. The highest BCUT2D eigenvalue weighted by atomic mass is 32.1. The van der Waals surface area contributed by atoms with E-state index in [1.165, 1.54) is 24.9 Å². The summed E-state index contributed by atoms with van der Waals surface area (Å²) in [5.74, 6) is 1.13. The van der Waals surface area contributed by atoms with Gasteiger partial charge in [0.2, 0.25) is 17.6 Å². The van der Waals surface area contributed by atoms with E-state index in [1.807, 2.05) is 42.0 Å². The number of amides is 1. The van der Waals surface area contributed by atoms with E-state index in [4.69, 9.17) is 4.52 Å². The molecular formula is C24H25N5O2S. The number of nitrogens with zero attached hydrogens (tertiary/aromatic N) is 4. The number of hydrogen-bond donors (Lipinski definition) is 1. The van der Waals surface area contributed by atoms with Gasteiger partial charge in [0.05, 0.1) is 10.6 Å². The number of anilines is 2. The largest absolute Gasteiger partial charge is 0.371 e. The standard InChI is InChI=1S/C24H25N5O2S/c30-22(7-4-8-23-27-24(28-31-23)21-6-5-15-32-21)26-19-9-10-20(29-13-2-1-3-14-29)17-11-12-25-16-18(17)19/h5-6,9-12,15-16H,1-4,7-8,13-14H2,(H,26,30). The summed E-state index contributed by atoms with van der Waals surface area (Å²) in [5, 5.41) is 11.2. The molecule has 1 aliphatic rings. The Morgan fingerprint density at radius 1 is 1.12 bits per heavy atom. The second-order valence-corrected chi connectivity index (χ2v) is 8.94. The van der Waals surface area contributed by atoms with E-state index in [0.29, 0.717) is 31.0 Å². The van der Waals surface area contributed by atoms with E-state index < -0.39 is 0 Å². The molecule has 0 atom stereocenters. The number of aromatic nitrogens is 3. The van der Waals surface area contributed by atoms with Gasteiger partial charge in [0.25, 0.3) is 0 Å². The lowest BCUT2D eigenvalue weighted by molar-refractivity contribution is -0.116. The number of carbonyl (C=O) groups is 1. The Labute approximate surface area is 190 Å². The van der Waals surface area contributed by atoms with Gasteiger partial charge in [-0.15, -0.1) is 11.3 Å². The number of hydrogen-bond acceptors (Lipinski definition) is 7. The Balaban J connectivity index is 1.22. The van der Waals surface area contributed by atoms with Gasteiger partial charge in [0, 0.05) is 54.8 Å². The average Bonchev–Trinajstić information content (AvgIpc) is 3.52. The van der Waals surface area contributed by atoms with Crippen LogP contribution in [0.2, 0.25) is 0 Å². The SMILES string of the molecule is O=C(CCCc1nc(-c2cccs2)no1)Nc1ccc(N2CCCCC2)c2ccncc12. The van der Waals surface area contributed by atoms with Crippen molar-refractivity contribution in [3.63, 3.8) is 0 Å². The summed E-state index contributed by atoms with van der Waals surface area (Å²) in [6, 6.07) is 10.1. The molecule has 0 bridgehead atoms. The van der Waals surface area contributed by atoms with Crippen LogP contribution in [-0.2, 0) is 11.2 Å². The number of nitrogens with one attached hydrogen (secondary N) is 1. The molecular weight excluding hydrogens is 422 g/mol. The van der Waals surface area contributed by atoms with Gasteiger partial charge in [0.1, 0.15) is 0 Å². The van der Waals surface area contributed by atoms with Crippen molar-refractivity contribution >= 4 is 39.4 Å². The first-order chi connectivity index (χ1) is 15.8. The van der Waals surface area contributed by atoms with Crippen molar-refractivity contribution in [1.29, 1.82) is 0 Å². The highest BCUT2D eigenvalue weighted by Crippen LogP contribution is 2.33. The van der Waals surface area contributed by atoms with E-state index in [1.54, 1.807) is 11.3 Å². The number of pyridine rings is 1. The van der Waals surface area contributed by atoms with Crippen LogP contribution >= 0.6 is 11.3 Å². The molecule has 1 N–H and O–H groups in total. The fraction of sp³-hybridized carbons (Fsp3) is 0.333. The van der Waals surface area contributed by atoms with Crippen LogP contribution in [0.25, 0.3) is 21.5 Å².